The molecule has 0 aromatic heterocycles. The van der Waals surface area contributed by atoms with Gasteiger partial charge < -0.3 is 5.32 Å². The van der Waals surface area contributed by atoms with Crippen LogP contribution in [0.25, 0.3) is 0 Å². The Morgan fingerprint density at radius 2 is 2.11 bits per heavy atom. The number of benzene rings is 1. The fourth-order valence-corrected chi connectivity index (χ4v) is 2.46. The third-order valence-corrected chi connectivity index (χ3v) is 3.45. The van der Waals surface area contributed by atoms with Crippen molar-refractivity contribution in [2.75, 3.05) is 5.32 Å². The van der Waals surface area contributed by atoms with Crippen molar-refractivity contribution in [2.24, 2.45) is 0 Å². The number of anilines is 1. The summed E-state index contributed by atoms with van der Waals surface area (Å²) >= 11 is 3.24. The van der Waals surface area contributed by atoms with Gasteiger partial charge in [0, 0.05) is 10.5 Å². The van der Waals surface area contributed by atoms with Crippen LogP contribution in [0, 0.1) is 5.82 Å². The standard InChI is InChI=1S/C13H14BrFN2O2/c1-7(2)17-12(18)6-11(13(17)19)16-10-5-8(14)3-4-9(10)15/h3-5,7,11,16H,6H2,1-2H3. The lowest BCUT2D eigenvalue weighted by Crippen LogP contribution is -2.39. The summed E-state index contributed by atoms with van der Waals surface area (Å²) in [6, 6.07) is 3.54. The molecule has 2 amide bonds. The first-order chi connectivity index (χ1) is 8.90. The highest BCUT2D eigenvalue weighted by Crippen LogP contribution is 2.24. The molecule has 1 aliphatic rings. The van der Waals surface area contributed by atoms with Crippen molar-refractivity contribution in [2.45, 2.75) is 32.4 Å². The van der Waals surface area contributed by atoms with E-state index in [1.54, 1.807) is 26.0 Å². The number of amides is 2. The van der Waals surface area contributed by atoms with Crippen LogP contribution in [-0.4, -0.2) is 28.8 Å². The summed E-state index contributed by atoms with van der Waals surface area (Å²) in [4.78, 5) is 25.0. The highest BCUT2D eigenvalue weighted by Gasteiger charge is 2.40. The number of nitrogens with one attached hydrogen (secondary N) is 1. The van der Waals surface area contributed by atoms with Gasteiger partial charge >= 0.3 is 0 Å². The fraction of sp³-hybridized carbons (Fsp3) is 0.385. The third kappa shape index (κ3) is 2.78. The molecule has 0 aliphatic carbocycles. The Bertz CT molecular complexity index is 533. The van der Waals surface area contributed by atoms with Crippen LogP contribution in [0.4, 0.5) is 10.1 Å². The van der Waals surface area contributed by atoms with Gasteiger partial charge in [-0.15, -0.1) is 0 Å². The van der Waals surface area contributed by atoms with Gasteiger partial charge in [-0.1, -0.05) is 15.9 Å². The van der Waals surface area contributed by atoms with Gasteiger partial charge in [-0.05, 0) is 32.0 Å². The quantitative estimate of drug-likeness (QED) is 0.867. The van der Waals surface area contributed by atoms with Gasteiger partial charge in [0.1, 0.15) is 11.9 Å². The largest absolute Gasteiger partial charge is 0.371 e. The molecular formula is C13H14BrFN2O2. The lowest BCUT2D eigenvalue weighted by molar-refractivity contribution is -0.140. The van der Waals surface area contributed by atoms with E-state index in [1.165, 1.54) is 11.0 Å². The highest BCUT2D eigenvalue weighted by atomic mass is 79.9. The van der Waals surface area contributed by atoms with Crippen molar-refractivity contribution in [3.05, 3.63) is 28.5 Å². The van der Waals surface area contributed by atoms with Gasteiger partial charge in [0.15, 0.2) is 0 Å². The Kier molecular flexibility index (Phi) is 3.89. The topological polar surface area (TPSA) is 49.4 Å². The fourth-order valence-electron chi connectivity index (χ4n) is 2.10. The number of carbonyl (C=O) groups excluding carboxylic acids is 2. The molecule has 102 valence electrons. The lowest BCUT2D eigenvalue weighted by atomic mass is 10.2. The maximum atomic E-state index is 13.6. The zero-order valence-corrected chi connectivity index (χ0v) is 12.2. The smallest absolute Gasteiger partial charge is 0.252 e. The molecule has 0 spiro atoms. The average Bonchev–Trinajstić information content (AvgIpc) is 2.59. The number of imide groups is 1. The lowest BCUT2D eigenvalue weighted by Gasteiger charge is -2.19. The van der Waals surface area contributed by atoms with Crippen LogP contribution in [0.15, 0.2) is 22.7 Å². The van der Waals surface area contributed by atoms with E-state index < -0.39 is 11.9 Å². The van der Waals surface area contributed by atoms with Crippen molar-refractivity contribution in [3.8, 4) is 0 Å². The van der Waals surface area contributed by atoms with E-state index in [2.05, 4.69) is 21.2 Å². The molecule has 2 rings (SSSR count). The van der Waals surface area contributed by atoms with Gasteiger partial charge in [0.2, 0.25) is 5.91 Å². The summed E-state index contributed by atoms with van der Waals surface area (Å²) in [5.74, 6) is -0.987. The maximum absolute atomic E-state index is 13.6. The van der Waals surface area contributed by atoms with Crippen molar-refractivity contribution in [1.82, 2.24) is 4.90 Å². The summed E-state index contributed by atoms with van der Waals surface area (Å²) in [6.45, 7) is 3.55. The summed E-state index contributed by atoms with van der Waals surface area (Å²) in [6.07, 6.45) is 0.0585. The monoisotopic (exact) mass is 328 g/mol. The predicted molar refractivity (Wildman–Crippen MR) is 73.1 cm³/mol. The highest BCUT2D eigenvalue weighted by molar-refractivity contribution is 9.10. The van der Waals surface area contributed by atoms with Crippen molar-refractivity contribution in [1.29, 1.82) is 0 Å². The van der Waals surface area contributed by atoms with Crippen LogP contribution in [0.5, 0.6) is 0 Å². The van der Waals surface area contributed by atoms with Gasteiger partial charge in [-0.2, -0.15) is 0 Å². The minimum atomic E-state index is -0.696. The molecule has 19 heavy (non-hydrogen) atoms. The Balaban J connectivity index is 2.19. The molecule has 1 N–H and O–H groups in total. The normalized spacial score (nSPS) is 19.4. The van der Waals surface area contributed by atoms with Gasteiger partial charge in [-0.25, -0.2) is 4.39 Å². The molecule has 1 unspecified atom stereocenters. The van der Waals surface area contributed by atoms with Crippen molar-refractivity contribution < 1.29 is 14.0 Å². The van der Waals surface area contributed by atoms with Crippen LogP contribution in [-0.2, 0) is 9.59 Å². The van der Waals surface area contributed by atoms with Crippen LogP contribution >= 0.6 is 15.9 Å². The number of rotatable bonds is 3. The van der Waals surface area contributed by atoms with E-state index in [0.717, 1.165) is 0 Å². The number of likely N-dealkylation sites (tertiary alicyclic amines) is 1. The van der Waals surface area contributed by atoms with Crippen molar-refractivity contribution in [3.63, 3.8) is 0 Å². The molecule has 1 aliphatic heterocycles. The van der Waals surface area contributed by atoms with Crippen LogP contribution in [0.1, 0.15) is 20.3 Å². The van der Waals surface area contributed by atoms with E-state index in [0.29, 0.717) is 4.47 Å². The predicted octanol–water partition coefficient (Wildman–Crippen LogP) is 2.54. The van der Waals surface area contributed by atoms with E-state index in [4.69, 9.17) is 0 Å². The number of halogens is 2. The van der Waals surface area contributed by atoms with Crippen LogP contribution in [0.2, 0.25) is 0 Å². The number of carbonyl (C=O) groups is 2. The summed E-state index contributed by atoms with van der Waals surface area (Å²) in [7, 11) is 0. The second-order valence-electron chi connectivity index (χ2n) is 4.72. The second-order valence-corrected chi connectivity index (χ2v) is 5.64. The first-order valence-corrected chi connectivity index (χ1v) is 6.77. The molecule has 1 aromatic rings. The molecule has 0 saturated carbocycles. The third-order valence-electron chi connectivity index (χ3n) is 2.96. The van der Waals surface area contributed by atoms with E-state index in [1.807, 2.05) is 0 Å². The minimum Gasteiger partial charge on any atom is -0.371 e. The number of hydrogen-bond acceptors (Lipinski definition) is 3. The Labute approximate surface area is 119 Å². The second kappa shape index (κ2) is 5.28. The zero-order chi connectivity index (χ0) is 14.2. The summed E-state index contributed by atoms with van der Waals surface area (Å²) in [5, 5.41) is 2.80. The number of nitrogens with zero attached hydrogens (tertiary/aromatic N) is 1. The van der Waals surface area contributed by atoms with Gasteiger partial charge in [0.25, 0.3) is 5.91 Å². The molecular weight excluding hydrogens is 315 g/mol. The summed E-state index contributed by atoms with van der Waals surface area (Å²) in [5.41, 5.74) is 0.214. The first kappa shape index (κ1) is 14.0. The molecule has 1 aromatic carbocycles. The average molecular weight is 329 g/mol. The van der Waals surface area contributed by atoms with Crippen molar-refractivity contribution >= 4 is 33.4 Å². The Morgan fingerprint density at radius 3 is 2.68 bits per heavy atom. The molecule has 4 nitrogen and oxygen atoms in total. The van der Waals surface area contributed by atoms with E-state index >= 15 is 0 Å². The molecule has 1 heterocycles. The molecule has 0 radical (unpaired) electrons. The molecule has 1 fully saturated rings. The van der Waals surface area contributed by atoms with E-state index in [9.17, 15) is 14.0 Å². The molecule has 6 heteroatoms. The molecule has 1 saturated heterocycles. The molecule has 0 bridgehead atoms. The zero-order valence-electron chi connectivity index (χ0n) is 10.6. The van der Waals surface area contributed by atoms with Gasteiger partial charge in [-0.3, -0.25) is 14.5 Å². The number of hydrogen-bond donors (Lipinski definition) is 1. The maximum Gasteiger partial charge on any atom is 0.252 e. The van der Waals surface area contributed by atoms with Gasteiger partial charge in [0.05, 0.1) is 12.1 Å². The first-order valence-electron chi connectivity index (χ1n) is 5.97. The van der Waals surface area contributed by atoms with Crippen LogP contribution < -0.4 is 5.32 Å². The van der Waals surface area contributed by atoms with Crippen LogP contribution in [0.3, 0.4) is 0 Å². The SMILES string of the molecule is CC(C)N1C(=O)CC(Nc2cc(Br)ccc2F)C1=O. The Morgan fingerprint density at radius 1 is 1.42 bits per heavy atom. The Hall–Kier alpha value is -1.43. The summed E-state index contributed by atoms with van der Waals surface area (Å²) < 4.78 is 14.3. The van der Waals surface area contributed by atoms with E-state index in [-0.39, 0.29) is 30.0 Å². The minimum absolute atomic E-state index is 0.0585. The molecule has 1 atom stereocenters.